The summed E-state index contributed by atoms with van der Waals surface area (Å²) in [6, 6.07) is 4.08. The van der Waals surface area contributed by atoms with E-state index in [9.17, 15) is 9.18 Å². The molecule has 0 aliphatic carbocycles. The smallest absolute Gasteiger partial charge is 0.254 e. The molecule has 1 aromatic carbocycles. The minimum atomic E-state index is -0.325. The van der Waals surface area contributed by atoms with Crippen LogP contribution in [0.5, 0.6) is 0 Å². The molecule has 1 amide bonds. The fourth-order valence-electron chi connectivity index (χ4n) is 2.72. The highest BCUT2D eigenvalue weighted by Gasteiger charge is 2.38. The molecule has 0 bridgehead atoms. The molecule has 0 unspecified atom stereocenters. The highest BCUT2D eigenvalue weighted by Crippen LogP contribution is 2.21. The SMILES string of the molecule is CO[C@H]1[C@H](N(C)C(=O)c2ccc(F)c(C)c2)COC[C@H]1OC. The first-order valence-electron chi connectivity index (χ1n) is 7.16. The van der Waals surface area contributed by atoms with Gasteiger partial charge in [0.1, 0.15) is 18.0 Å². The largest absolute Gasteiger partial charge is 0.376 e. The van der Waals surface area contributed by atoms with Crippen LogP contribution >= 0.6 is 0 Å². The first kappa shape index (κ1) is 16.9. The van der Waals surface area contributed by atoms with E-state index in [1.165, 1.54) is 12.1 Å². The van der Waals surface area contributed by atoms with E-state index in [-0.39, 0.29) is 30.0 Å². The van der Waals surface area contributed by atoms with Crippen molar-refractivity contribution >= 4 is 5.91 Å². The lowest BCUT2D eigenvalue weighted by Crippen LogP contribution is -2.57. The summed E-state index contributed by atoms with van der Waals surface area (Å²) in [7, 11) is 4.88. The second-order valence-corrected chi connectivity index (χ2v) is 5.46. The highest BCUT2D eigenvalue weighted by atomic mass is 19.1. The van der Waals surface area contributed by atoms with Crippen molar-refractivity contribution in [2.24, 2.45) is 0 Å². The van der Waals surface area contributed by atoms with Crippen molar-refractivity contribution in [2.45, 2.75) is 25.2 Å². The summed E-state index contributed by atoms with van der Waals surface area (Å²) in [6.07, 6.45) is -0.497. The standard InChI is InChI=1S/C16H22FNO4/c1-10-7-11(5-6-12(10)17)16(19)18(2)13-8-22-9-14(20-3)15(13)21-4/h5-7,13-15H,8-9H2,1-4H3/t13-,14-,15+/m1/s1. The van der Waals surface area contributed by atoms with E-state index in [1.54, 1.807) is 39.2 Å². The van der Waals surface area contributed by atoms with Crippen molar-refractivity contribution < 1.29 is 23.4 Å². The molecule has 1 aromatic rings. The number of hydrogen-bond acceptors (Lipinski definition) is 4. The van der Waals surface area contributed by atoms with Gasteiger partial charge in [0, 0.05) is 26.8 Å². The first-order chi connectivity index (χ1) is 10.5. The number of benzene rings is 1. The highest BCUT2D eigenvalue weighted by molar-refractivity contribution is 5.94. The predicted molar refractivity (Wildman–Crippen MR) is 79.4 cm³/mol. The van der Waals surface area contributed by atoms with E-state index in [0.29, 0.717) is 24.3 Å². The predicted octanol–water partition coefficient (Wildman–Crippen LogP) is 1.63. The number of carbonyl (C=O) groups is 1. The molecule has 0 aromatic heterocycles. The van der Waals surface area contributed by atoms with Gasteiger partial charge in [-0.05, 0) is 30.7 Å². The summed E-state index contributed by atoms with van der Waals surface area (Å²) in [5.41, 5.74) is 0.882. The minimum absolute atomic E-state index is 0.199. The van der Waals surface area contributed by atoms with Crippen molar-refractivity contribution in [2.75, 3.05) is 34.5 Å². The molecule has 0 spiro atoms. The number of rotatable bonds is 4. The van der Waals surface area contributed by atoms with Crippen molar-refractivity contribution in [3.63, 3.8) is 0 Å². The zero-order valence-corrected chi connectivity index (χ0v) is 13.3. The lowest BCUT2D eigenvalue weighted by Gasteiger charge is -2.40. The van der Waals surface area contributed by atoms with Crippen LogP contribution in [-0.2, 0) is 14.2 Å². The van der Waals surface area contributed by atoms with Gasteiger partial charge in [-0.25, -0.2) is 4.39 Å². The number of carbonyl (C=O) groups excluding carboxylic acids is 1. The maximum absolute atomic E-state index is 13.4. The molecule has 0 saturated carbocycles. The zero-order chi connectivity index (χ0) is 16.3. The molecule has 1 saturated heterocycles. The van der Waals surface area contributed by atoms with E-state index in [2.05, 4.69) is 0 Å². The molecular weight excluding hydrogens is 289 g/mol. The number of aryl methyl sites for hydroxylation is 1. The van der Waals surface area contributed by atoms with Crippen molar-refractivity contribution in [1.82, 2.24) is 4.90 Å². The van der Waals surface area contributed by atoms with E-state index in [4.69, 9.17) is 14.2 Å². The third-order valence-electron chi connectivity index (χ3n) is 4.11. The van der Waals surface area contributed by atoms with E-state index in [0.717, 1.165) is 0 Å². The molecule has 2 rings (SSSR count). The van der Waals surface area contributed by atoms with Gasteiger partial charge < -0.3 is 19.1 Å². The topological polar surface area (TPSA) is 48.0 Å². The van der Waals surface area contributed by atoms with Crippen molar-refractivity contribution in [1.29, 1.82) is 0 Å². The number of amides is 1. The Hall–Kier alpha value is -1.50. The van der Waals surface area contributed by atoms with Crippen LogP contribution in [0.3, 0.4) is 0 Å². The Morgan fingerprint density at radius 3 is 2.64 bits per heavy atom. The molecule has 3 atom stereocenters. The van der Waals surface area contributed by atoms with Crippen LogP contribution in [0, 0.1) is 12.7 Å². The average molecular weight is 311 g/mol. The molecule has 22 heavy (non-hydrogen) atoms. The molecule has 6 heteroatoms. The van der Waals surface area contributed by atoms with E-state index < -0.39 is 0 Å². The molecule has 1 aliphatic heterocycles. The number of methoxy groups -OCH3 is 2. The lowest BCUT2D eigenvalue weighted by atomic mass is 10.0. The van der Waals surface area contributed by atoms with Crippen LogP contribution in [0.25, 0.3) is 0 Å². The Balaban J connectivity index is 2.19. The molecule has 1 heterocycles. The summed E-state index contributed by atoms with van der Waals surface area (Å²) in [5, 5.41) is 0. The average Bonchev–Trinajstić information content (AvgIpc) is 2.55. The van der Waals surface area contributed by atoms with Crippen LogP contribution in [0.4, 0.5) is 4.39 Å². The third-order valence-corrected chi connectivity index (χ3v) is 4.11. The molecule has 5 nitrogen and oxygen atoms in total. The van der Waals surface area contributed by atoms with Crippen LogP contribution < -0.4 is 0 Å². The monoisotopic (exact) mass is 311 g/mol. The molecular formula is C16H22FNO4. The summed E-state index contributed by atoms with van der Waals surface area (Å²) < 4.78 is 29.7. The third kappa shape index (κ3) is 3.29. The molecule has 122 valence electrons. The fourth-order valence-corrected chi connectivity index (χ4v) is 2.72. The van der Waals surface area contributed by atoms with Crippen molar-refractivity contribution in [3.8, 4) is 0 Å². The Kier molecular flexibility index (Phi) is 5.50. The van der Waals surface area contributed by atoms with Gasteiger partial charge in [0.15, 0.2) is 0 Å². The van der Waals surface area contributed by atoms with Gasteiger partial charge in [0.25, 0.3) is 5.91 Å². The molecule has 1 aliphatic rings. The van der Waals surface area contributed by atoms with E-state index in [1.807, 2.05) is 0 Å². The van der Waals surface area contributed by atoms with Gasteiger partial charge in [-0.2, -0.15) is 0 Å². The normalized spacial score (nSPS) is 25.0. The maximum atomic E-state index is 13.4. The van der Waals surface area contributed by atoms with Gasteiger partial charge in [0.2, 0.25) is 0 Å². The van der Waals surface area contributed by atoms with Crippen LogP contribution in [0.2, 0.25) is 0 Å². The lowest BCUT2D eigenvalue weighted by molar-refractivity contribution is -0.147. The Bertz CT molecular complexity index is 537. The number of hydrogen-bond donors (Lipinski definition) is 0. The first-order valence-corrected chi connectivity index (χ1v) is 7.16. The zero-order valence-electron chi connectivity index (χ0n) is 13.3. The number of nitrogens with zero attached hydrogens (tertiary/aromatic N) is 1. The van der Waals surface area contributed by atoms with Crippen LogP contribution in [0.1, 0.15) is 15.9 Å². The van der Waals surface area contributed by atoms with Gasteiger partial charge in [-0.15, -0.1) is 0 Å². The summed E-state index contributed by atoms with van der Waals surface area (Å²) in [4.78, 5) is 14.2. The fraction of sp³-hybridized carbons (Fsp3) is 0.562. The second kappa shape index (κ2) is 7.17. The number of likely N-dealkylation sites (N-methyl/N-ethyl adjacent to an activating group) is 1. The summed E-state index contributed by atoms with van der Waals surface area (Å²) in [5.74, 6) is -0.523. The van der Waals surface area contributed by atoms with Gasteiger partial charge >= 0.3 is 0 Å². The van der Waals surface area contributed by atoms with Gasteiger partial charge in [-0.3, -0.25) is 4.79 Å². The minimum Gasteiger partial charge on any atom is -0.376 e. The quantitative estimate of drug-likeness (QED) is 0.848. The van der Waals surface area contributed by atoms with Crippen molar-refractivity contribution in [3.05, 3.63) is 35.1 Å². The van der Waals surface area contributed by atoms with Crippen LogP contribution in [-0.4, -0.2) is 63.5 Å². The summed E-state index contributed by atoms with van der Waals surface area (Å²) in [6.45, 7) is 2.44. The van der Waals surface area contributed by atoms with Crippen LogP contribution in [0.15, 0.2) is 18.2 Å². The van der Waals surface area contributed by atoms with E-state index >= 15 is 0 Å². The molecule has 1 fully saturated rings. The molecule has 0 radical (unpaired) electrons. The summed E-state index contributed by atoms with van der Waals surface area (Å²) >= 11 is 0. The van der Waals surface area contributed by atoms with Gasteiger partial charge in [-0.1, -0.05) is 0 Å². The van der Waals surface area contributed by atoms with Gasteiger partial charge in [0.05, 0.1) is 19.3 Å². The Labute approximate surface area is 130 Å². The Morgan fingerprint density at radius 2 is 2.05 bits per heavy atom. The number of halogens is 1. The molecule has 0 N–H and O–H groups in total. The number of ether oxygens (including phenoxy) is 3. The second-order valence-electron chi connectivity index (χ2n) is 5.46. The Morgan fingerprint density at radius 1 is 1.32 bits per heavy atom. The maximum Gasteiger partial charge on any atom is 0.254 e.